The largest absolute Gasteiger partial charge is 0.314 e. The van der Waals surface area contributed by atoms with Gasteiger partial charge < -0.3 is 5.32 Å². The zero-order valence-electron chi connectivity index (χ0n) is 12.0. The van der Waals surface area contributed by atoms with Crippen molar-refractivity contribution in [2.24, 2.45) is 5.92 Å². The van der Waals surface area contributed by atoms with E-state index in [1.807, 2.05) is 0 Å². The minimum atomic E-state index is 0.705. The fourth-order valence-corrected chi connectivity index (χ4v) is 2.36. The summed E-state index contributed by atoms with van der Waals surface area (Å²) in [5.74, 6) is 0.883. The second-order valence-electron chi connectivity index (χ2n) is 5.11. The third-order valence-electron chi connectivity index (χ3n) is 3.63. The van der Waals surface area contributed by atoms with E-state index < -0.39 is 0 Å². The molecule has 98 valence electrons. The molecule has 0 aromatic heterocycles. The van der Waals surface area contributed by atoms with Gasteiger partial charge in [0.05, 0.1) is 0 Å². The predicted octanol–water partition coefficient (Wildman–Crippen LogP) is 4.76. The summed E-state index contributed by atoms with van der Waals surface area (Å²) in [5.41, 5.74) is 0. The first-order chi connectivity index (χ1) is 7.76. The van der Waals surface area contributed by atoms with E-state index >= 15 is 0 Å². The van der Waals surface area contributed by atoms with Gasteiger partial charge in [0.2, 0.25) is 0 Å². The Hall–Kier alpha value is -0.0400. The van der Waals surface area contributed by atoms with Crippen molar-refractivity contribution in [3.63, 3.8) is 0 Å². The molecule has 2 unspecified atom stereocenters. The molecule has 0 aliphatic heterocycles. The summed E-state index contributed by atoms with van der Waals surface area (Å²) in [6, 6.07) is 0.705. The number of rotatable bonds is 11. The van der Waals surface area contributed by atoms with E-state index in [9.17, 15) is 0 Å². The highest BCUT2D eigenvalue weighted by Crippen LogP contribution is 2.18. The molecular formula is C15H33N. The lowest BCUT2D eigenvalue weighted by Gasteiger charge is -2.23. The SMILES string of the molecule is CCCCCCCC(CC)C(C)NCCC. The standard InChI is InChI=1S/C15H33N/c1-5-8-9-10-11-12-15(7-3)14(4)16-13-6-2/h14-16H,5-13H2,1-4H3. The Morgan fingerprint density at radius 3 is 2.12 bits per heavy atom. The van der Waals surface area contributed by atoms with E-state index in [4.69, 9.17) is 0 Å². The third kappa shape index (κ3) is 8.15. The highest BCUT2D eigenvalue weighted by atomic mass is 14.9. The molecular weight excluding hydrogens is 194 g/mol. The number of hydrogen-bond donors (Lipinski definition) is 1. The molecule has 0 aromatic carbocycles. The lowest BCUT2D eigenvalue weighted by molar-refractivity contribution is 0.332. The Balaban J connectivity index is 3.56. The van der Waals surface area contributed by atoms with Crippen molar-refractivity contribution < 1.29 is 0 Å². The van der Waals surface area contributed by atoms with Crippen LogP contribution >= 0.6 is 0 Å². The van der Waals surface area contributed by atoms with Crippen LogP contribution in [0.15, 0.2) is 0 Å². The van der Waals surface area contributed by atoms with Gasteiger partial charge in [-0.25, -0.2) is 0 Å². The van der Waals surface area contributed by atoms with E-state index in [0.29, 0.717) is 6.04 Å². The van der Waals surface area contributed by atoms with Crippen molar-refractivity contribution in [2.75, 3.05) is 6.54 Å². The molecule has 1 nitrogen and oxygen atoms in total. The monoisotopic (exact) mass is 227 g/mol. The lowest BCUT2D eigenvalue weighted by Crippen LogP contribution is -2.33. The second kappa shape index (κ2) is 11.4. The molecule has 0 fully saturated rings. The normalized spacial score (nSPS) is 15.0. The number of nitrogens with one attached hydrogen (secondary N) is 1. The fourth-order valence-electron chi connectivity index (χ4n) is 2.36. The van der Waals surface area contributed by atoms with Crippen LogP contribution in [0, 0.1) is 5.92 Å². The first kappa shape index (κ1) is 16.0. The Bertz CT molecular complexity index is 133. The topological polar surface area (TPSA) is 12.0 Å². The van der Waals surface area contributed by atoms with Gasteiger partial charge in [-0.2, -0.15) is 0 Å². The highest BCUT2D eigenvalue weighted by Gasteiger charge is 2.13. The van der Waals surface area contributed by atoms with Crippen molar-refractivity contribution in [3.8, 4) is 0 Å². The molecule has 0 radical (unpaired) electrons. The molecule has 1 heteroatoms. The van der Waals surface area contributed by atoms with Crippen molar-refractivity contribution in [1.82, 2.24) is 5.32 Å². The smallest absolute Gasteiger partial charge is 0.00668 e. The van der Waals surface area contributed by atoms with Crippen molar-refractivity contribution in [3.05, 3.63) is 0 Å². The molecule has 16 heavy (non-hydrogen) atoms. The predicted molar refractivity (Wildman–Crippen MR) is 74.9 cm³/mol. The summed E-state index contributed by atoms with van der Waals surface area (Å²) in [6.45, 7) is 10.4. The van der Waals surface area contributed by atoms with Gasteiger partial charge >= 0.3 is 0 Å². The van der Waals surface area contributed by atoms with Crippen LogP contribution in [0.2, 0.25) is 0 Å². The Labute approximate surface area is 103 Å². The Morgan fingerprint density at radius 1 is 0.875 bits per heavy atom. The van der Waals surface area contributed by atoms with Crippen LogP contribution in [0.1, 0.15) is 79.1 Å². The Morgan fingerprint density at radius 2 is 1.56 bits per heavy atom. The summed E-state index contributed by atoms with van der Waals surface area (Å²) in [4.78, 5) is 0. The summed E-state index contributed by atoms with van der Waals surface area (Å²) in [5, 5.41) is 3.64. The van der Waals surface area contributed by atoms with Gasteiger partial charge in [-0.1, -0.05) is 59.3 Å². The van der Waals surface area contributed by atoms with E-state index in [1.54, 1.807) is 0 Å². The fraction of sp³-hybridized carbons (Fsp3) is 1.00. The molecule has 2 atom stereocenters. The van der Waals surface area contributed by atoms with Gasteiger partial charge in [0.15, 0.2) is 0 Å². The molecule has 0 aliphatic carbocycles. The molecule has 0 rings (SSSR count). The molecule has 0 heterocycles. The molecule has 0 saturated carbocycles. The lowest BCUT2D eigenvalue weighted by atomic mass is 9.91. The molecule has 0 amide bonds. The zero-order valence-corrected chi connectivity index (χ0v) is 12.0. The van der Waals surface area contributed by atoms with E-state index in [-0.39, 0.29) is 0 Å². The second-order valence-corrected chi connectivity index (χ2v) is 5.11. The summed E-state index contributed by atoms with van der Waals surface area (Å²) < 4.78 is 0. The first-order valence-electron chi connectivity index (χ1n) is 7.49. The van der Waals surface area contributed by atoms with Crippen molar-refractivity contribution in [1.29, 1.82) is 0 Å². The molecule has 1 N–H and O–H groups in total. The third-order valence-corrected chi connectivity index (χ3v) is 3.63. The summed E-state index contributed by atoms with van der Waals surface area (Å²) >= 11 is 0. The minimum Gasteiger partial charge on any atom is -0.314 e. The van der Waals surface area contributed by atoms with Crippen LogP contribution in [-0.4, -0.2) is 12.6 Å². The van der Waals surface area contributed by atoms with Crippen LogP contribution < -0.4 is 5.32 Å². The summed E-state index contributed by atoms with van der Waals surface area (Å²) in [7, 11) is 0. The summed E-state index contributed by atoms with van der Waals surface area (Å²) in [6.07, 6.45) is 11.1. The van der Waals surface area contributed by atoms with Crippen LogP contribution in [0.25, 0.3) is 0 Å². The highest BCUT2D eigenvalue weighted by molar-refractivity contribution is 4.71. The Kier molecular flexibility index (Phi) is 11.4. The van der Waals surface area contributed by atoms with Gasteiger partial charge in [-0.15, -0.1) is 0 Å². The van der Waals surface area contributed by atoms with E-state index in [2.05, 4.69) is 33.0 Å². The minimum absolute atomic E-state index is 0.705. The first-order valence-corrected chi connectivity index (χ1v) is 7.49. The maximum Gasteiger partial charge on any atom is 0.00668 e. The maximum absolute atomic E-state index is 3.64. The van der Waals surface area contributed by atoms with Crippen LogP contribution in [0.3, 0.4) is 0 Å². The average Bonchev–Trinajstić information content (AvgIpc) is 2.31. The number of hydrogen-bond acceptors (Lipinski definition) is 1. The van der Waals surface area contributed by atoms with Gasteiger partial charge in [-0.05, 0) is 32.2 Å². The molecule has 0 saturated heterocycles. The van der Waals surface area contributed by atoms with E-state index in [1.165, 1.54) is 57.9 Å². The zero-order chi connectivity index (χ0) is 12.2. The van der Waals surface area contributed by atoms with E-state index in [0.717, 1.165) is 5.92 Å². The van der Waals surface area contributed by atoms with Crippen molar-refractivity contribution in [2.45, 2.75) is 85.1 Å². The van der Waals surface area contributed by atoms with Crippen LogP contribution in [-0.2, 0) is 0 Å². The maximum atomic E-state index is 3.64. The van der Waals surface area contributed by atoms with Gasteiger partial charge in [-0.3, -0.25) is 0 Å². The molecule has 0 aliphatic rings. The van der Waals surface area contributed by atoms with Crippen LogP contribution in [0.4, 0.5) is 0 Å². The molecule has 0 spiro atoms. The van der Waals surface area contributed by atoms with Gasteiger partial charge in [0.25, 0.3) is 0 Å². The van der Waals surface area contributed by atoms with Gasteiger partial charge in [0, 0.05) is 6.04 Å². The molecule has 0 bridgehead atoms. The van der Waals surface area contributed by atoms with Crippen LogP contribution in [0.5, 0.6) is 0 Å². The quantitative estimate of drug-likeness (QED) is 0.502. The van der Waals surface area contributed by atoms with Crippen molar-refractivity contribution >= 4 is 0 Å². The molecule has 0 aromatic rings. The average molecular weight is 227 g/mol. The van der Waals surface area contributed by atoms with Gasteiger partial charge in [0.1, 0.15) is 0 Å². The number of unbranched alkanes of at least 4 members (excludes halogenated alkanes) is 4.